The average molecular weight is 793 g/mol. The standard InChI is InChI=1S/C46H60N6O6/c1-45(2,3)39(50-43(56)52(7)30-33-19-13-10-14-20-33)42(55)49-37(28-31-17-11-9-12-18-31)38(53)29-35(48-41(54)40(46(4,5)6)51-44(57)58-8)27-32-22-24-34(25-23-32)36-21-15-16-26-47-36/h9-26,35,37-40,53H,27-30H2,1-8H3,(H,48,54)(H,49,55)(H,50,56)(H,51,57)/t35-,37-,38-,39+,40+/m0/s1. The number of alkyl carbamates (subject to hydrolysis) is 1. The first-order chi connectivity index (χ1) is 27.4. The molecule has 0 spiro atoms. The summed E-state index contributed by atoms with van der Waals surface area (Å²) in [6.45, 7) is 11.5. The monoisotopic (exact) mass is 792 g/mol. The third-order valence-electron chi connectivity index (χ3n) is 9.94. The molecule has 4 rings (SSSR count). The molecule has 4 aromatic rings. The van der Waals surface area contributed by atoms with Gasteiger partial charge in [-0.25, -0.2) is 9.59 Å². The number of aliphatic hydroxyl groups excluding tert-OH is 1. The van der Waals surface area contributed by atoms with Gasteiger partial charge in [0.15, 0.2) is 0 Å². The van der Waals surface area contributed by atoms with Crippen molar-refractivity contribution in [1.82, 2.24) is 31.2 Å². The van der Waals surface area contributed by atoms with Gasteiger partial charge < -0.3 is 36.0 Å². The summed E-state index contributed by atoms with van der Waals surface area (Å²) in [7, 11) is 2.91. The largest absolute Gasteiger partial charge is 0.453 e. The third kappa shape index (κ3) is 13.7. The van der Waals surface area contributed by atoms with Crippen LogP contribution < -0.4 is 21.3 Å². The lowest BCUT2D eigenvalue weighted by molar-refractivity contribution is -0.128. The van der Waals surface area contributed by atoms with Crippen LogP contribution in [-0.4, -0.2) is 83.4 Å². The quantitative estimate of drug-likeness (QED) is 0.0893. The Balaban J connectivity index is 1.62. The van der Waals surface area contributed by atoms with Gasteiger partial charge in [0.25, 0.3) is 0 Å². The zero-order chi connectivity index (χ0) is 42.5. The molecule has 0 aliphatic carbocycles. The first-order valence-corrected chi connectivity index (χ1v) is 19.7. The molecule has 12 nitrogen and oxygen atoms in total. The van der Waals surface area contributed by atoms with E-state index in [1.165, 1.54) is 12.0 Å². The van der Waals surface area contributed by atoms with Gasteiger partial charge in [0.1, 0.15) is 12.1 Å². The number of ether oxygens (including phenoxy) is 1. The maximum atomic E-state index is 14.3. The molecule has 5 atom stereocenters. The van der Waals surface area contributed by atoms with E-state index in [2.05, 4.69) is 26.3 Å². The molecular formula is C46H60N6O6. The van der Waals surface area contributed by atoms with E-state index in [9.17, 15) is 24.3 Å². The van der Waals surface area contributed by atoms with Gasteiger partial charge in [-0.3, -0.25) is 14.6 Å². The minimum absolute atomic E-state index is 0.0486. The van der Waals surface area contributed by atoms with E-state index in [0.717, 1.165) is 27.9 Å². The van der Waals surface area contributed by atoms with Crippen molar-refractivity contribution in [2.45, 2.75) is 97.6 Å². The maximum absolute atomic E-state index is 14.3. The summed E-state index contributed by atoms with van der Waals surface area (Å²) in [5.74, 6) is -0.895. The molecular weight excluding hydrogens is 733 g/mol. The molecule has 0 bridgehead atoms. The Morgan fingerprint density at radius 3 is 1.76 bits per heavy atom. The van der Waals surface area contributed by atoms with Crippen molar-refractivity contribution in [2.75, 3.05) is 14.2 Å². The summed E-state index contributed by atoms with van der Waals surface area (Å²) >= 11 is 0. The molecule has 1 heterocycles. The van der Waals surface area contributed by atoms with E-state index in [4.69, 9.17) is 4.74 Å². The lowest BCUT2D eigenvalue weighted by Crippen LogP contribution is -2.59. The predicted molar refractivity (Wildman–Crippen MR) is 226 cm³/mol. The van der Waals surface area contributed by atoms with E-state index in [-0.39, 0.29) is 12.8 Å². The summed E-state index contributed by atoms with van der Waals surface area (Å²) < 4.78 is 4.83. The fraction of sp³-hybridized carbons (Fsp3) is 0.413. The number of aromatic nitrogens is 1. The molecule has 0 fully saturated rings. The van der Waals surface area contributed by atoms with E-state index < -0.39 is 65.0 Å². The number of carbonyl (C=O) groups excluding carboxylic acids is 4. The Labute approximate surface area is 343 Å². The van der Waals surface area contributed by atoms with Gasteiger partial charge in [0.2, 0.25) is 11.8 Å². The fourth-order valence-electron chi connectivity index (χ4n) is 6.67. The second-order valence-corrected chi connectivity index (χ2v) is 17.0. The second-order valence-electron chi connectivity index (χ2n) is 17.0. The first kappa shape index (κ1) is 45.0. The van der Waals surface area contributed by atoms with Crippen molar-refractivity contribution < 1.29 is 29.0 Å². The smallest absolute Gasteiger partial charge is 0.407 e. The van der Waals surface area contributed by atoms with Crippen LogP contribution in [0.25, 0.3) is 11.3 Å². The van der Waals surface area contributed by atoms with E-state index in [1.54, 1.807) is 13.2 Å². The minimum atomic E-state index is -1.15. The van der Waals surface area contributed by atoms with Crippen LogP contribution in [0, 0.1) is 10.8 Å². The summed E-state index contributed by atoms with van der Waals surface area (Å²) in [6.07, 6.45) is 0.501. The Morgan fingerprint density at radius 1 is 0.672 bits per heavy atom. The van der Waals surface area contributed by atoms with Crippen molar-refractivity contribution in [3.05, 3.63) is 126 Å². The van der Waals surface area contributed by atoms with Crippen molar-refractivity contribution in [2.24, 2.45) is 10.8 Å². The molecule has 3 aromatic carbocycles. The van der Waals surface area contributed by atoms with Crippen LogP contribution in [0.15, 0.2) is 109 Å². The number of hydrogen-bond acceptors (Lipinski definition) is 7. The second kappa shape index (κ2) is 20.6. The number of carbonyl (C=O) groups is 4. The fourth-order valence-corrected chi connectivity index (χ4v) is 6.67. The van der Waals surface area contributed by atoms with Crippen LogP contribution in [-0.2, 0) is 33.7 Å². The highest BCUT2D eigenvalue weighted by atomic mass is 16.5. The highest BCUT2D eigenvalue weighted by molar-refractivity contribution is 5.88. The lowest BCUT2D eigenvalue weighted by atomic mass is 9.85. The Morgan fingerprint density at radius 2 is 1.21 bits per heavy atom. The topological polar surface area (TPSA) is 162 Å². The number of pyridine rings is 1. The molecule has 0 saturated carbocycles. The van der Waals surface area contributed by atoms with Gasteiger partial charge >= 0.3 is 12.1 Å². The van der Waals surface area contributed by atoms with E-state index in [1.807, 2.05) is 145 Å². The van der Waals surface area contributed by atoms with Crippen molar-refractivity contribution in [1.29, 1.82) is 0 Å². The Bertz CT molecular complexity index is 1910. The van der Waals surface area contributed by atoms with Crippen LogP contribution in [0.3, 0.4) is 0 Å². The van der Waals surface area contributed by atoms with Gasteiger partial charge in [0, 0.05) is 31.4 Å². The zero-order valence-electron chi connectivity index (χ0n) is 35.0. The summed E-state index contributed by atoms with van der Waals surface area (Å²) in [5.41, 5.74) is 3.10. The van der Waals surface area contributed by atoms with Gasteiger partial charge in [-0.2, -0.15) is 0 Å². The summed E-state index contributed by atoms with van der Waals surface area (Å²) in [4.78, 5) is 60.0. The van der Waals surface area contributed by atoms with Crippen LogP contribution in [0.4, 0.5) is 9.59 Å². The lowest BCUT2D eigenvalue weighted by Gasteiger charge is -2.35. The predicted octanol–water partition coefficient (Wildman–Crippen LogP) is 6.28. The van der Waals surface area contributed by atoms with Crippen LogP contribution in [0.5, 0.6) is 0 Å². The van der Waals surface area contributed by atoms with Gasteiger partial charge in [0.05, 0.1) is 24.9 Å². The molecule has 0 saturated heterocycles. The number of benzene rings is 3. The van der Waals surface area contributed by atoms with E-state index in [0.29, 0.717) is 13.0 Å². The Hall–Kier alpha value is -5.75. The van der Waals surface area contributed by atoms with Crippen LogP contribution in [0.1, 0.15) is 64.7 Å². The molecule has 58 heavy (non-hydrogen) atoms. The number of nitrogens with one attached hydrogen (secondary N) is 4. The summed E-state index contributed by atoms with van der Waals surface area (Å²) in [6, 6.07) is 28.9. The molecule has 0 unspecified atom stereocenters. The minimum Gasteiger partial charge on any atom is -0.453 e. The van der Waals surface area contributed by atoms with Crippen LogP contribution >= 0.6 is 0 Å². The third-order valence-corrected chi connectivity index (χ3v) is 9.94. The highest BCUT2D eigenvalue weighted by Gasteiger charge is 2.38. The Kier molecular flexibility index (Phi) is 16.0. The van der Waals surface area contributed by atoms with Crippen molar-refractivity contribution >= 4 is 23.9 Å². The molecule has 0 aliphatic heterocycles. The van der Waals surface area contributed by atoms with Crippen molar-refractivity contribution in [3.63, 3.8) is 0 Å². The average Bonchev–Trinajstić information content (AvgIpc) is 3.18. The number of methoxy groups -OCH3 is 1. The highest BCUT2D eigenvalue weighted by Crippen LogP contribution is 2.24. The maximum Gasteiger partial charge on any atom is 0.407 e. The van der Waals surface area contributed by atoms with E-state index >= 15 is 0 Å². The number of rotatable bonds is 16. The van der Waals surface area contributed by atoms with Gasteiger partial charge in [-0.1, -0.05) is 133 Å². The number of hydrogen-bond donors (Lipinski definition) is 5. The number of urea groups is 1. The number of aliphatic hydroxyl groups is 1. The molecule has 5 amide bonds. The molecule has 310 valence electrons. The molecule has 12 heteroatoms. The van der Waals surface area contributed by atoms with Gasteiger partial charge in [-0.15, -0.1) is 0 Å². The van der Waals surface area contributed by atoms with Crippen molar-refractivity contribution in [3.8, 4) is 11.3 Å². The number of nitrogens with zero attached hydrogens (tertiary/aromatic N) is 2. The zero-order valence-corrected chi connectivity index (χ0v) is 35.0. The van der Waals surface area contributed by atoms with Crippen LogP contribution in [0.2, 0.25) is 0 Å². The SMILES string of the molecule is COC(=O)N[C@H](C(=O)N[C@@H](Cc1ccc(-c2ccccn2)cc1)C[C@H](O)[C@H](Cc1ccccc1)NC(=O)[C@@H](NC(=O)N(C)Cc1ccccc1)C(C)(C)C)C(C)(C)C. The molecule has 5 N–H and O–H groups in total. The van der Waals surface area contributed by atoms with Gasteiger partial charge in [-0.05, 0) is 58.9 Å². The summed E-state index contributed by atoms with van der Waals surface area (Å²) in [5, 5.41) is 23.9. The first-order valence-electron chi connectivity index (χ1n) is 19.7. The number of amides is 5. The molecule has 0 aliphatic rings. The molecule has 0 radical (unpaired) electrons. The molecule has 1 aromatic heterocycles. The normalized spacial score (nSPS) is 14.2.